The van der Waals surface area contributed by atoms with Gasteiger partial charge in [0.15, 0.2) is 0 Å². The molecule has 0 aliphatic carbocycles. The second kappa shape index (κ2) is 10.1. The molecule has 0 radical (unpaired) electrons. The molecule has 0 atom stereocenters. The molecule has 0 saturated heterocycles. The van der Waals surface area contributed by atoms with E-state index >= 15 is 0 Å². The molecule has 0 saturated carbocycles. The molecule has 4 rings (SSSR count). The van der Waals surface area contributed by atoms with Crippen molar-refractivity contribution in [3.05, 3.63) is 84.9 Å². The van der Waals surface area contributed by atoms with Gasteiger partial charge in [-0.05, 0) is 0 Å². The number of hydrogen-bond acceptors (Lipinski definition) is 0. The van der Waals surface area contributed by atoms with Crippen molar-refractivity contribution in [2.24, 2.45) is 0 Å². The van der Waals surface area contributed by atoms with Crippen LogP contribution in [0.1, 0.15) is 13.8 Å². The molecule has 0 fully saturated rings. The van der Waals surface area contributed by atoms with Crippen LogP contribution in [0.5, 0.6) is 0 Å². The Kier molecular flexibility index (Phi) is 8.11. The van der Waals surface area contributed by atoms with Crippen molar-refractivity contribution in [2.45, 2.75) is 13.8 Å². The van der Waals surface area contributed by atoms with Gasteiger partial charge in [-0.1, -0.05) is 36.4 Å². The molecule has 0 N–H and O–H groups in total. The third-order valence-corrected chi connectivity index (χ3v) is 12.4. The maximum Gasteiger partial charge on any atom is -0.0771 e. The zero-order chi connectivity index (χ0) is 17.4. The van der Waals surface area contributed by atoms with Crippen molar-refractivity contribution >= 4 is 42.0 Å². The van der Waals surface area contributed by atoms with E-state index in [0.29, 0.717) is 0 Å². The summed E-state index contributed by atoms with van der Waals surface area (Å²) in [5.41, 5.74) is 0. The van der Waals surface area contributed by atoms with Crippen LogP contribution in [0.3, 0.4) is 0 Å². The first-order chi connectivity index (χ1) is 11.6. The summed E-state index contributed by atoms with van der Waals surface area (Å²) < 4.78 is 1.25. The normalized spacial score (nSPS) is 9.67. The fourth-order valence-corrected chi connectivity index (χ4v) is 2.22. The molecule has 4 aromatic rings. The quantitative estimate of drug-likeness (QED) is 0.169. The largest absolute Gasteiger partial charge is 0.214 e. The van der Waals surface area contributed by atoms with Crippen LogP contribution in [-0.4, -0.2) is 3.26 Å². The molecule has 3 heteroatoms. The van der Waals surface area contributed by atoms with Gasteiger partial charge in [0.25, 0.3) is 0 Å². The molecule has 24 heavy (non-hydrogen) atoms. The van der Waals surface area contributed by atoms with Crippen LogP contribution in [0.15, 0.2) is 84.9 Å². The molecule has 0 bridgehead atoms. The SMILES string of the molecule is C[C](C)=[Hf]([Cl])[Cl].c1cc[cH-]c1.c1ccc2c(c1)[cH-]c1ccccc12. The zero-order valence-electron chi connectivity index (χ0n) is 13.8. The van der Waals surface area contributed by atoms with Gasteiger partial charge in [-0.3, -0.25) is 0 Å². The maximum absolute atomic E-state index is 5.55. The van der Waals surface area contributed by atoms with Gasteiger partial charge in [0.1, 0.15) is 0 Å². The number of rotatable bonds is 0. The second-order valence-electron chi connectivity index (χ2n) is 5.54. The molecule has 0 aromatic heterocycles. The predicted molar refractivity (Wildman–Crippen MR) is 107 cm³/mol. The third-order valence-electron chi connectivity index (χ3n) is 3.46. The van der Waals surface area contributed by atoms with Gasteiger partial charge in [0.2, 0.25) is 0 Å². The molecule has 0 nitrogen and oxygen atoms in total. The van der Waals surface area contributed by atoms with Gasteiger partial charge in [0.05, 0.1) is 0 Å². The number of hydrogen-bond donors (Lipinski definition) is 0. The minimum absolute atomic E-state index is 1.25. The van der Waals surface area contributed by atoms with Crippen molar-refractivity contribution in [1.82, 2.24) is 0 Å². The summed E-state index contributed by atoms with van der Waals surface area (Å²) >= 11 is -1.97. The van der Waals surface area contributed by atoms with Gasteiger partial charge in [-0.15, -0.1) is 39.7 Å². The van der Waals surface area contributed by atoms with Crippen molar-refractivity contribution in [3.8, 4) is 0 Å². The van der Waals surface area contributed by atoms with E-state index in [1.807, 2.05) is 44.2 Å². The van der Waals surface area contributed by atoms with Gasteiger partial charge in [0, 0.05) is 0 Å². The minimum atomic E-state index is -1.97. The summed E-state index contributed by atoms with van der Waals surface area (Å²) in [5.74, 6) is 0. The van der Waals surface area contributed by atoms with Crippen molar-refractivity contribution < 1.29 is 18.6 Å². The van der Waals surface area contributed by atoms with Gasteiger partial charge in [-0.2, -0.15) is 18.2 Å². The first-order valence-electron chi connectivity index (χ1n) is 7.78. The van der Waals surface area contributed by atoms with Crippen LogP contribution in [0.25, 0.3) is 21.5 Å². The van der Waals surface area contributed by atoms with E-state index < -0.39 is 18.6 Å². The average molecular weight is 522 g/mol. The van der Waals surface area contributed by atoms with Crippen LogP contribution in [0, 0.1) is 0 Å². The smallest absolute Gasteiger partial charge is 0.0771 e. The monoisotopic (exact) mass is 522 g/mol. The fraction of sp³-hybridized carbons (Fsp3) is 0.0952. The molecule has 0 heterocycles. The van der Waals surface area contributed by atoms with Crippen LogP contribution >= 0.6 is 17.2 Å². The van der Waals surface area contributed by atoms with E-state index in [1.54, 1.807) is 0 Å². The first-order valence-corrected chi connectivity index (χ1v) is 18.5. The molecule has 4 aromatic carbocycles. The molecular formula is C21H20Cl2Hf-2. The Bertz CT molecular complexity index is 816. The average Bonchev–Trinajstić information content (AvgIpc) is 3.26. The Hall–Kier alpha value is -1.02. The van der Waals surface area contributed by atoms with Crippen LogP contribution in [0.4, 0.5) is 0 Å². The molecule has 124 valence electrons. The molecule has 0 aliphatic heterocycles. The molecule has 0 spiro atoms. The fourth-order valence-electron chi connectivity index (χ4n) is 2.22. The standard InChI is InChI=1S/C13H9.C5H5.C3H6.2ClH.Hf/c1-3-7-12-10(5-1)9-11-6-2-4-8-13(11)12;1-2-4-5-3-1;1-3-2;;;/h1-9H;1-5H;1-2H3;2*1H;/q2*-1;;;;+2/p-2. The Labute approximate surface area is 158 Å². The van der Waals surface area contributed by atoms with Crippen LogP contribution < -0.4 is 0 Å². The first kappa shape index (κ1) is 19.3. The number of halogens is 2. The van der Waals surface area contributed by atoms with E-state index in [1.165, 1.54) is 24.8 Å². The molecular weight excluding hydrogens is 502 g/mol. The summed E-state index contributed by atoms with van der Waals surface area (Å²) in [4.78, 5) is 0. The minimum Gasteiger partial charge on any atom is -0.214 e. The Morgan fingerprint density at radius 3 is 1.50 bits per heavy atom. The maximum atomic E-state index is 5.55. The van der Waals surface area contributed by atoms with Crippen molar-refractivity contribution in [2.75, 3.05) is 0 Å². The predicted octanol–water partition coefficient (Wildman–Crippen LogP) is 7.24. The Morgan fingerprint density at radius 2 is 1.17 bits per heavy atom. The molecule has 0 amide bonds. The second-order valence-corrected chi connectivity index (χ2v) is 18.8. The van der Waals surface area contributed by atoms with E-state index in [9.17, 15) is 0 Å². The zero-order valence-corrected chi connectivity index (χ0v) is 18.9. The number of fused-ring (bicyclic) bond motifs is 3. The Balaban J connectivity index is 0.000000159. The van der Waals surface area contributed by atoms with E-state index in [2.05, 4.69) is 54.6 Å². The van der Waals surface area contributed by atoms with E-state index in [-0.39, 0.29) is 0 Å². The van der Waals surface area contributed by atoms with Gasteiger partial charge in [-0.25, -0.2) is 12.1 Å². The molecule has 0 aliphatic rings. The van der Waals surface area contributed by atoms with E-state index in [4.69, 9.17) is 17.2 Å². The summed E-state index contributed by atoms with van der Waals surface area (Å²) in [5, 5.41) is 5.39. The summed E-state index contributed by atoms with van der Waals surface area (Å²) in [6, 6.07) is 29.3. The van der Waals surface area contributed by atoms with E-state index in [0.717, 1.165) is 0 Å². The third kappa shape index (κ3) is 5.81. The summed E-state index contributed by atoms with van der Waals surface area (Å²) in [7, 11) is 11.1. The van der Waals surface area contributed by atoms with Crippen LogP contribution in [0.2, 0.25) is 0 Å². The molecule has 0 unspecified atom stereocenters. The van der Waals surface area contributed by atoms with Crippen LogP contribution in [-0.2, 0) is 18.6 Å². The van der Waals surface area contributed by atoms with Gasteiger partial charge < -0.3 is 0 Å². The van der Waals surface area contributed by atoms with Crippen molar-refractivity contribution in [3.63, 3.8) is 0 Å². The topological polar surface area (TPSA) is 0 Å². The number of benzene rings is 2. The van der Waals surface area contributed by atoms with Gasteiger partial charge >= 0.3 is 52.8 Å². The van der Waals surface area contributed by atoms with Crippen molar-refractivity contribution in [1.29, 1.82) is 0 Å². The Morgan fingerprint density at radius 1 is 0.750 bits per heavy atom. The summed E-state index contributed by atoms with van der Waals surface area (Å²) in [6.07, 6.45) is 0. The summed E-state index contributed by atoms with van der Waals surface area (Å²) in [6.45, 7) is 3.98.